The molecule has 1 aliphatic heterocycles. The van der Waals surface area contributed by atoms with Crippen LogP contribution in [0.1, 0.15) is 40.9 Å². The predicted octanol–water partition coefficient (Wildman–Crippen LogP) is 1.71. The van der Waals surface area contributed by atoms with E-state index in [2.05, 4.69) is 22.0 Å². The van der Waals surface area contributed by atoms with Crippen LogP contribution < -0.4 is 16.0 Å². The third-order valence-electron chi connectivity index (χ3n) is 4.49. The molecule has 1 amide bonds. The maximum Gasteiger partial charge on any atom is 0.263 e. The lowest BCUT2D eigenvalue weighted by Crippen LogP contribution is -2.46. The minimum atomic E-state index is -0.0576. The summed E-state index contributed by atoms with van der Waals surface area (Å²) in [6, 6.07) is 0. The van der Waals surface area contributed by atoms with Gasteiger partial charge in [0.25, 0.3) is 5.91 Å². The van der Waals surface area contributed by atoms with Gasteiger partial charge in [0.15, 0.2) is 0 Å². The highest BCUT2D eigenvalue weighted by molar-refractivity contribution is 7.18. The summed E-state index contributed by atoms with van der Waals surface area (Å²) in [5, 5.41) is 3.95. The Labute approximate surface area is 130 Å². The van der Waals surface area contributed by atoms with Crippen LogP contribution in [0.15, 0.2) is 0 Å². The highest BCUT2D eigenvalue weighted by Gasteiger charge is 2.35. The van der Waals surface area contributed by atoms with Crippen LogP contribution in [0.25, 0.3) is 0 Å². The van der Waals surface area contributed by atoms with Crippen molar-refractivity contribution in [1.29, 1.82) is 0 Å². The number of carbonyl (C=O) groups is 1. The van der Waals surface area contributed by atoms with Gasteiger partial charge in [-0.25, -0.2) is 0 Å². The number of likely N-dealkylation sites (N-methyl/N-ethyl adjacent to an activating group) is 1. The minimum absolute atomic E-state index is 0.0576. The zero-order valence-corrected chi connectivity index (χ0v) is 13.6. The first-order valence-corrected chi connectivity index (χ1v) is 8.58. The van der Waals surface area contributed by atoms with Crippen LogP contribution in [0.2, 0.25) is 0 Å². The van der Waals surface area contributed by atoms with Crippen LogP contribution >= 0.6 is 11.3 Å². The number of amides is 1. The molecular weight excluding hydrogens is 284 g/mol. The van der Waals surface area contributed by atoms with E-state index in [0.29, 0.717) is 10.8 Å². The highest BCUT2D eigenvalue weighted by atomic mass is 32.1. The van der Waals surface area contributed by atoms with E-state index in [1.165, 1.54) is 23.4 Å². The smallest absolute Gasteiger partial charge is 0.263 e. The topological polar surface area (TPSA) is 61.6 Å². The van der Waals surface area contributed by atoms with E-state index in [1.807, 2.05) is 0 Å². The number of nitrogens with zero attached hydrogens (tertiary/aromatic N) is 2. The van der Waals surface area contributed by atoms with E-state index in [9.17, 15) is 4.79 Å². The van der Waals surface area contributed by atoms with Gasteiger partial charge in [0, 0.05) is 38.8 Å². The summed E-state index contributed by atoms with van der Waals surface area (Å²) in [5.74, 6) is 0.511. The molecule has 1 saturated carbocycles. The average molecular weight is 308 g/mol. The van der Waals surface area contributed by atoms with Crippen molar-refractivity contribution in [1.82, 2.24) is 10.2 Å². The Hall–Kier alpha value is -1.27. The van der Waals surface area contributed by atoms with Crippen molar-refractivity contribution >= 4 is 27.9 Å². The van der Waals surface area contributed by atoms with E-state index >= 15 is 0 Å². The summed E-state index contributed by atoms with van der Waals surface area (Å²) >= 11 is 1.57. The number of nitrogens with two attached hydrogens (primary N) is 1. The zero-order chi connectivity index (χ0) is 15.0. The number of piperazine rings is 1. The van der Waals surface area contributed by atoms with Gasteiger partial charge in [-0.05, 0) is 25.3 Å². The fourth-order valence-corrected chi connectivity index (χ4v) is 4.30. The summed E-state index contributed by atoms with van der Waals surface area (Å²) in [4.78, 5) is 17.6. The SMILES string of the molecule is CCN1CCN(c2sc(C(=O)NC)c(N)c2C2CC2)CC1. The van der Waals surface area contributed by atoms with E-state index in [0.717, 1.165) is 38.4 Å². The van der Waals surface area contributed by atoms with Crippen molar-refractivity contribution < 1.29 is 4.79 Å². The number of rotatable bonds is 4. The Morgan fingerprint density at radius 1 is 1.33 bits per heavy atom. The van der Waals surface area contributed by atoms with E-state index in [4.69, 9.17) is 5.73 Å². The Morgan fingerprint density at radius 2 is 2.00 bits per heavy atom. The molecule has 1 saturated heterocycles. The monoisotopic (exact) mass is 308 g/mol. The quantitative estimate of drug-likeness (QED) is 0.889. The number of hydrogen-bond acceptors (Lipinski definition) is 5. The second-order valence-corrected chi connectivity index (χ2v) is 6.84. The summed E-state index contributed by atoms with van der Waals surface area (Å²) in [6.07, 6.45) is 2.41. The molecule has 1 aliphatic carbocycles. The normalized spacial score (nSPS) is 19.8. The Bertz CT molecular complexity index is 530. The van der Waals surface area contributed by atoms with Crippen molar-refractivity contribution in [2.45, 2.75) is 25.7 Å². The van der Waals surface area contributed by atoms with Crippen molar-refractivity contribution in [3.8, 4) is 0 Å². The summed E-state index contributed by atoms with van der Waals surface area (Å²) in [7, 11) is 1.66. The molecule has 116 valence electrons. The van der Waals surface area contributed by atoms with Gasteiger partial charge in [-0.1, -0.05) is 6.92 Å². The first-order valence-electron chi connectivity index (χ1n) is 7.77. The van der Waals surface area contributed by atoms with Gasteiger partial charge in [-0.2, -0.15) is 0 Å². The number of thiophene rings is 1. The number of anilines is 2. The molecule has 0 aromatic carbocycles. The lowest BCUT2D eigenvalue weighted by atomic mass is 10.1. The van der Waals surface area contributed by atoms with Gasteiger partial charge >= 0.3 is 0 Å². The van der Waals surface area contributed by atoms with Gasteiger partial charge < -0.3 is 20.9 Å². The number of nitrogens with one attached hydrogen (secondary N) is 1. The van der Waals surface area contributed by atoms with E-state index < -0.39 is 0 Å². The first kappa shape index (κ1) is 14.7. The van der Waals surface area contributed by atoms with E-state index in [-0.39, 0.29) is 5.91 Å². The maximum absolute atomic E-state index is 12.0. The largest absolute Gasteiger partial charge is 0.397 e. The van der Waals surface area contributed by atoms with Crippen molar-refractivity contribution in [2.24, 2.45) is 0 Å². The predicted molar refractivity (Wildman–Crippen MR) is 88.4 cm³/mol. The molecule has 21 heavy (non-hydrogen) atoms. The Kier molecular flexibility index (Phi) is 4.08. The molecule has 0 bridgehead atoms. The molecule has 3 rings (SSSR count). The molecule has 2 fully saturated rings. The average Bonchev–Trinajstić information content (AvgIpc) is 3.30. The van der Waals surface area contributed by atoms with Crippen LogP contribution in [-0.4, -0.2) is 50.6 Å². The van der Waals surface area contributed by atoms with Gasteiger partial charge in [0.2, 0.25) is 0 Å². The Balaban J connectivity index is 1.89. The molecule has 1 aromatic rings. The Morgan fingerprint density at radius 3 is 2.52 bits per heavy atom. The van der Waals surface area contributed by atoms with Gasteiger partial charge in [0.05, 0.1) is 10.7 Å². The molecular formula is C15H24N4OS. The van der Waals surface area contributed by atoms with Crippen molar-refractivity contribution in [2.75, 3.05) is 50.4 Å². The first-order chi connectivity index (χ1) is 10.2. The molecule has 0 radical (unpaired) electrons. The molecule has 0 atom stereocenters. The van der Waals surface area contributed by atoms with Crippen molar-refractivity contribution in [3.05, 3.63) is 10.4 Å². The summed E-state index contributed by atoms with van der Waals surface area (Å²) in [6.45, 7) is 7.56. The summed E-state index contributed by atoms with van der Waals surface area (Å²) < 4.78 is 0. The molecule has 3 N–H and O–H groups in total. The third kappa shape index (κ3) is 2.74. The summed E-state index contributed by atoms with van der Waals surface area (Å²) in [5.41, 5.74) is 8.25. The van der Waals surface area contributed by atoms with Crippen LogP contribution in [0.4, 0.5) is 10.7 Å². The second-order valence-electron chi connectivity index (χ2n) is 5.84. The number of nitrogen functional groups attached to an aromatic ring is 1. The standard InChI is InChI=1S/C15H24N4OS/c1-3-18-6-8-19(9-7-18)15-11(10-4-5-10)12(16)13(21-15)14(20)17-2/h10H,3-9,16H2,1-2H3,(H,17,20). The molecule has 0 unspecified atom stereocenters. The second kappa shape index (κ2) is 5.85. The van der Waals surface area contributed by atoms with Gasteiger partial charge in [0.1, 0.15) is 4.88 Å². The molecule has 2 heterocycles. The lowest BCUT2D eigenvalue weighted by molar-refractivity contribution is 0.0968. The van der Waals surface area contributed by atoms with Crippen LogP contribution in [-0.2, 0) is 0 Å². The maximum atomic E-state index is 12.0. The van der Waals surface area contributed by atoms with Crippen LogP contribution in [0, 0.1) is 0 Å². The molecule has 2 aliphatic rings. The molecule has 6 heteroatoms. The van der Waals surface area contributed by atoms with Gasteiger partial charge in [-0.3, -0.25) is 4.79 Å². The lowest BCUT2D eigenvalue weighted by Gasteiger charge is -2.35. The fourth-order valence-electron chi connectivity index (χ4n) is 2.99. The third-order valence-corrected chi connectivity index (χ3v) is 5.77. The number of carbonyl (C=O) groups excluding carboxylic acids is 1. The van der Waals surface area contributed by atoms with Gasteiger partial charge in [-0.15, -0.1) is 11.3 Å². The van der Waals surface area contributed by atoms with Crippen molar-refractivity contribution in [3.63, 3.8) is 0 Å². The zero-order valence-electron chi connectivity index (χ0n) is 12.8. The molecule has 1 aromatic heterocycles. The molecule has 0 spiro atoms. The minimum Gasteiger partial charge on any atom is -0.397 e. The van der Waals surface area contributed by atoms with Crippen LogP contribution in [0.5, 0.6) is 0 Å². The molecule has 5 nitrogen and oxygen atoms in total. The fraction of sp³-hybridized carbons (Fsp3) is 0.667. The highest BCUT2D eigenvalue weighted by Crippen LogP contribution is 2.52. The van der Waals surface area contributed by atoms with E-state index in [1.54, 1.807) is 18.4 Å². The number of hydrogen-bond donors (Lipinski definition) is 2. The van der Waals surface area contributed by atoms with Crippen LogP contribution in [0.3, 0.4) is 0 Å².